The highest BCUT2D eigenvalue weighted by atomic mass is 16.5. The smallest absolute Gasteiger partial charge is 0.140 e. The van der Waals surface area contributed by atoms with Gasteiger partial charge in [-0.15, -0.1) is 0 Å². The van der Waals surface area contributed by atoms with Crippen LogP contribution in [-0.4, -0.2) is 18.9 Å². The Morgan fingerprint density at radius 2 is 1.85 bits per heavy atom. The van der Waals surface area contributed by atoms with Gasteiger partial charge in [0.2, 0.25) is 0 Å². The summed E-state index contributed by atoms with van der Waals surface area (Å²) in [5.41, 5.74) is 1.40. The Labute approximate surface area is 156 Å². The predicted octanol–water partition coefficient (Wildman–Crippen LogP) is 4.47. The fourth-order valence-electron chi connectivity index (χ4n) is 2.71. The predicted molar refractivity (Wildman–Crippen MR) is 101 cm³/mol. The van der Waals surface area contributed by atoms with Gasteiger partial charge in [-0.2, -0.15) is 5.26 Å². The molecule has 0 atom stereocenters. The molecule has 3 rings (SSSR count). The van der Waals surface area contributed by atoms with Gasteiger partial charge < -0.3 is 19.1 Å². The molecular weight excluding hydrogens is 344 g/mol. The van der Waals surface area contributed by atoms with Crippen LogP contribution in [0.5, 0.6) is 11.5 Å². The quantitative estimate of drug-likeness (QED) is 0.380. The van der Waals surface area contributed by atoms with Crippen molar-refractivity contribution in [2.24, 2.45) is 5.16 Å². The van der Waals surface area contributed by atoms with E-state index < -0.39 is 0 Å². The first-order valence-electron chi connectivity index (χ1n) is 8.65. The molecule has 6 nitrogen and oxygen atoms in total. The van der Waals surface area contributed by atoms with E-state index in [-0.39, 0.29) is 0 Å². The van der Waals surface area contributed by atoms with Crippen molar-refractivity contribution in [3.8, 4) is 28.9 Å². The molecule has 2 aromatic carbocycles. The normalized spacial score (nSPS) is 11.3. The van der Waals surface area contributed by atoms with Gasteiger partial charge in [-0.25, -0.2) is 0 Å². The first-order valence-corrected chi connectivity index (χ1v) is 8.65. The molecule has 0 spiro atoms. The average Bonchev–Trinajstić information content (AvgIpc) is 2.72. The van der Waals surface area contributed by atoms with Crippen LogP contribution in [0.1, 0.15) is 19.3 Å². The molecule has 0 aliphatic carbocycles. The van der Waals surface area contributed by atoms with Crippen molar-refractivity contribution < 1.29 is 19.1 Å². The van der Waals surface area contributed by atoms with Crippen LogP contribution >= 0.6 is 0 Å². The molecule has 1 heterocycles. The summed E-state index contributed by atoms with van der Waals surface area (Å²) >= 11 is 0. The van der Waals surface area contributed by atoms with E-state index in [1.807, 2.05) is 30.3 Å². The number of nitriles is 1. The molecule has 0 amide bonds. The van der Waals surface area contributed by atoms with Gasteiger partial charge in [0.1, 0.15) is 28.2 Å². The topological polar surface area (TPSA) is 88.0 Å². The van der Waals surface area contributed by atoms with Crippen molar-refractivity contribution in [1.82, 2.24) is 0 Å². The molecule has 1 N–H and O–H groups in total. The molecule has 0 unspecified atom stereocenters. The lowest BCUT2D eigenvalue weighted by atomic mass is 10.1. The molecule has 3 aromatic rings. The molecule has 138 valence electrons. The van der Waals surface area contributed by atoms with Crippen LogP contribution in [0.3, 0.4) is 0 Å². The van der Waals surface area contributed by atoms with E-state index >= 15 is 0 Å². The van der Waals surface area contributed by atoms with E-state index in [4.69, 9.17) is 19.2 Å². The zero-order chi connectivity index (χ0) is 19.1. The standard InChI is InChI=1S/C21H20N2O4/c1-25-16-7-5-15(6-8-16)20-14-19(23-24)18-10-9-17(13-21(18)27-20)26-12-4-2-3-11-22/h5-10,13-14,24H,2-4,12H2,1H3. The van der Waals surface area contributed by atoms with Gasteiger partial charge in [-0.1, -0.05) is 5.16 Å². The molecule has 0 saturated heterocycles. The van der Waals surface area contributed by atoms with Gasteiger partial charge in [0.25, 0.3) is 0 Å². The summed E-state index contributed by atoms with van der Waals surface area (Å²) in [6, 6.07) is 16.6. The van der Waals surface area contributed by atoms with Crippen LogP contribution in [0.25, 0.3) is 22.3 Å². The number of fused-ring (bicyclic) bond motifs is 1. The minimum Gasteiger partial charge on any atom is -0.497 e. The summed E-state index contributed by atoms with van der Waals surface area (Å²) in [6.45, 7) is 0.530. The van der Waals surface area contributed by atoms with E-state index in [2.05, 4.69) is 11.2 Å². The lowest BCUT2D eigenvalue weighted by molar-refractivity contribution is 0.302. The second-order valence-electron chi connectivity index (χ2n) is 5.95. The molecule has 0 fully saturated rings. The Bertz CT molecular complexity index is 1020. The van der Waals surface area contributed by atoms with Crippen LogP contribution in [0.4, 0.5) is 0 Å². The largest absolute Gasteiger partial charge is 0.497 e. The van der Waals surface area contributed by atoms with Crippen LogP contribution in [0.15, 0.2) is 58.1 Å². The van der Waals surface area contributed by atoms with Crippen molar-refractivity contribution in [3.63, 3.8) is 0 Å². The SMILES string of the molecule is COc1ccc(-c2cc(=NO)c3ccc(OCCCCC#N)cc3o2)cc1. The maximum atomic E-state index is 9.39. The molecule has 0 aliphatic rings. The summed E-state index contributed by atoms with van der Waals surface area (Å²) in [7, 11) is 1.61. The summed E-state index contributed by atoms with van der Waals surface area (Å²) in [4.78, 5) is 0. The molecule has 0 saturated carbocycles. The minimum absolute atomic E-state index is 0.419. The van der Waals surface area contributed by atoms with Crippen LogP contribution < -0.4 is 14.8 Å². The highest BCUT2D eigenvalue weighted by molar-refractivity contribution is 5.79. The number of unbranched alkanes of at least 4 members (excludes halogenated alkanes) is 2. The van der Waals surface area contributed by atoms with E-state index in [9.17, 15) is 5.21 Å². The highest BCUT2D eigenvalue weighted by Crippen LogP contribution is 2.26. The van der Waals surface area contributed by atoms with E-state index in [1.54, 1.807) is 25.3 Å². The first kappa shape index (κ1) is 18.3. The van der Waals surface area contributed by atoms with Gasteiger partial charge in [0.15, 0.2) is 0 Å². The van der Waals surface area contributed by atoms with Crippen LogP contribution in [0.2, 0.25) is 0 Å². The lowest BCUT2D eigenvalue weighted by Gasteiger charge is -2.08. The molecule has 0 bridgehead atoms. The summed E-state index contributed by atoms with van der Waals surface area (Å²) in [6.07, 6.45) is 2.15. The number of hydrogen-bond acceptors (Lipinski definition) is 6. The number of ether oxygens (including phenoxy) is 2. The molecule has 6 heteroatoms. The van der Waals surface area contributed by atoms with Crippen LogP contribution in [0, 0.1) is 11.3 Å². The Balaban J connectivity index is 1.91. The molecule has 27 heavy (non-hydrogen) atoms. The van der Waals surface area contributed by atoms with Gasteiger partial charge in [-0.3, -0.25) is 0 Å². The summed E-state index contributed by atoms with van der Waals surface area (Å²) in [5.74, 6) is 1.99. The van der Waals surface area contributed by atoms with Crippen molar-refractivity contribution in [2.45, 2.75) is 19.3 Å². The fourth-order valence-corrected chi connectivity index (χ4v) is 2.71. The average molecular weight is 364 g/mol. The van der Waals surface area contributed by atoms with Gasteiger partial charge in [0, 0.05) is 29.5 Å². The molecular formula is C21H20N2O4. The second-order valence-corrected chi connectivity index (χ2v) is 5.95. The zero-order valence-electron chi connectivity index (χ0n) is 15.0. The van der Waals surface area contributed by atoms with Gasteiger partial charge >= 0.3 is 0 Å². The molecule has 0 aliphatic heterocycles. The van der Waals surface area contributed by atoms with Crippen molar-refractivity contribution in [2.75, 3.05) is 13.7 Å². The van der Waals surface area contributed by atoms with E-state index in [0.29, 0.717) is 40.9 Å². The van der Waals surface area contributed by atoms with Crippen LogP contribution in [-0.2, 0) is 0 Å². The summed E-state index contributed by atoms with van der Waals surface area (Å²) < 4.78 is 16.9. The second kappa shape index (κ2) is 8.77. The Kier molecular flexibility index (Phi) is 5.95. The van der Waals surface area contributed by atoms with Crippen molar-refractivity contribution in [1.29, 1.82) is 5.26 Å². The maximum Gasteiger partial charge on any atom is 0.140 e. The number of benzene rings is 2. The maximum absolute atomic E-state index is 9.39. The molecule has 1 aromatic heterocycles. The van der Waals surface area contributed by atoms with Crippen molar-refractivity contribution >= 4 is 11.0 Å². The number of methoxy groups -OCH3 is 1. The van der Waals surface area contributed by atoms with E-state index in [0.717, 1.165) is 24.2 Å². The number of hydrogen-bond donors (Lipinski definition) is 1. The molecule has 0 radical (unpaired) electrons. The first-order chi connectivity index (χ1) is 13.2. The summed E-state index contributed by atoms with van der Waals surface area (Å²) in [5, 5.41) is 22.4. The lowest BCUT2D eigenvalue weighted by Crippen LogP contribution is -2.04. The minimum atomic E-state index is 0.419. The number of rotatable bonds is 7. The third-order valence-corrected chi connectivity index (χ3v) is 4.15. The Morgan fingerprint density at radius 3 is 2.56 bits per heavy atom. The zero-order valence-corrected chi connectivity index (χ0v) is 15.0. The Morgan fingerprint density at radius 1 is 1.07 bits per heavy atom. The van der Waals surface area contributed by atoms with E-state index in [1.165, 1.54) is 0 Å². The highest BCUT2D eigenvalue weighted by Gasteiger charge is 2.08. The number of nitrogens with zero attached hydrogens (tertiary/aromatic N) is 2. The van der Waals surface area contributed by atoms with Crippen molar-refractivity contribution in [3.05, 3.63) is 53.9 Å². The Hall–Kier alpha value is -3.46. The van der Waals surface area contributed by atoms with Gasteiger partial charge in [-0.05, 0) is 49.2 Å². The monoisotopic (exact) mass is 364 g/mol. The third kappa shape index (κ3) is 4.39. The third-order valence-electron chi connectivity index (χ3n) is 4.15. The van der Waals surface area contributed by atoms with Gasteiger partial charge in [0.05, 0.1) is 19.8 Å². The fraction of sp³-hybridized carbons (Fsp3) is 0.238.